The second kappa shape index (κ2) is 3.91. The van der Waals surface area contributed by atoms with Gasteiger partial charge < -0.3 is 0 Å². The quantitative estimate of drug-likeness (QED) is 0.680. The van der Waals surface area contributed by atoms with Crippen molar-refractivity contribution in [3.05, 3.63) is 59.2 Å². The van der Waals surface area contributed by atoms with Gasteiger partial charge in [0.25, 0.3) is 0 Å². The lowest BCUT2D eigenvalue weighted by Crippen LogP contribution is -2.04. The van der Waals surface area contributed by atoms with Crippen LogP contribution in [-0.2, 0) is 0 Å². The van der Waals surface area contributed by atoms with E-state index in [4.69, 9.17) is 0 Å². The molecule has 3 rings (SSSR count). The highest BCUT2D eigenvalue weighted by Gasteiger charge is 2.31. The van der Waals surface area contributed by atoms with Crippen LogP contribution < -0.4 is 0 Å². The van der Waals surface area contributed by atoms with E-state index in [-0.39, 0.29) is 17.6 Å². The molecule has 0 radical (unpaired) electrons. The molecule has 18 heavy (non-hydrogen) atoms. The minimum Gasteiger partial charge on any atom is -0.207 e. The molecule has 0 N–H and O–H groups in total. The Labute approximate surface area is 105 Å². The summed E-state index contributed by atoms with van der Waals surface area (Å²) in [5, 5.41) is 0. The van der Waals surface area contributed by atoms with Gasteiger partial charge in [-0.1, -0.05) is 26.0 Å². The third-order valence-electron chi connectivity index (χ3n) is 3.66. The van der Waals surface area contributed by atoms with Crippen LogP contribution in [0.4, 0.5) is 8.78 Å². The van der Waals surface area contributed by atoms with E-state index in [9.17, 15) is 8.78 Å². The van der Waals surface area contributed by atoms with Crippen molar-refractivity contribution in [2.75, 3.05) is 0 Å². The molecule has 0 unspecified atom stereocenters. The predicted molar refractivity (Wildman–Crippen MR) is 68.5 cm³/mol. The number of hydrogen-bond acceptors (Lipinski definition) is 0. The van der Waals surface area contributed by atoms with Gasteiger partial charge in [-0.25, -0.2) is 8.78 Å². The lowest BCUT2D eigenvalue weighted by Gasteiger charge is -2.17. The van der Waals surface area contributed by atoms with Crippen LogP contribution in [0.15, 0.2) is 36.4 Å². The molecular formula is C16H14F2. The molecule has 0 fully saturated rings. The van der Waals surface area contributed by atoms with Gasteiger partial charge in [-0.2, -0.15) is 0 Å². The number of halogens is 2. The molecule has 92 valence electrons. The summed E-state index contributed by atoms with van der Waals surface area (Å²) in [4.78, 5) is 0. The molecular weight excluding hydrogens is 230 g/mol. The molecule has 2 aromatic carbocycles. The summed E-state index contributed by atoms with van der Waals surface area (Å²) < 4.78 is 26.8. The fourth-order valence-electron chi connectivity index (χ4n) is 2.95. The third-order valence-corrected chi connectivity index (χ3v) is 3.66. The van der Waals surface area contributed by atoms with Gasteiger partial charge in [0, 0.05) is 5.92 Å². The normalized spacial score (nSPS) is 13.8. The minimum absolute atomic E-state index is 0.233. The standard InChI is InChI=1S/C16H14F2/c1-9(2)16-12-5-3-10(17)7-14(12)15-8-11(18)4-6-13(15)16/h3-9,16H,1-2H3. The lowest BCUT2D eigenvalue weighted by atomic mass is 9.87. The Morgan fingerprint density at radius 1 is 0.833 bits per heavy atom. The van der Waals surface area contributed by atoms with Crippen molar-refractivity contribution in [2.24, 2.45) is 5.92 Å². The Morgan fingerprint density at radius 3 is 1.67 bits per heavy atom. The topological polar surface area (TPSA) is 0 Å². The Bertz CT molecular complexity index is 563. The van der Waals surface area contributed by atoms with Gasteiger partial charge >= 0.3 is 0 Å². The zero-order valence-corrected chi connectivity index (χ0v) is 10.4. The largest absolute Gasteiger partial charge is 0.207 e. The average Bonchev–Trinajstić information content (AvgIpc) is 2.62. The maximum Gasteiger partial charge on any atom is 0.123 e. The molecule has 2 aromatic rings. The van der Waals surface area contributed by atoms with E-state index in [1.165, 1.54) is 24.3 Å². The highest BCUT2D eigenvalue weighted by molar-refractivity contribution is 5.79. The van der Waals surface area contributed by atoms with Gasteiger partial charge in [0.05, 0.1) is 0 Å². The highest BCUT2D eigenvalue weighted by atomic mass is 19.1. The van der Waals surface area contributed by atoms with Crippen molar-refractivity contribution in [2.45, 2.75) is 19.8 Å². The van der Waals surface area contributed by atoms with Crippen molar-refractivity contribution in [3.63, 3.8) is 0 Å². The first-order chi connectivity index (χ1) is 8.58. The molecule has 0 nitrogen and oxygen atoms in total. The van der Waals surface area contributed by atoms with Gasteiger partial charge in [0.15, 0.2) is 0 Å². The van der Waals surface area contributed by atoms with Gasteiger partial charge in [0.1, 0.15) is 11.6 Å². The monoisotopic (exact) mass is 244 g/mol. The third kappa shape index (κ3) is 1.56. The smallest absolute Gasteiger partial charge is 0.123 e. The first kappa shape index (κ1) is 11.4. The van der Waals surface area contributed by atoms with Crippen molar-refractivity contribution in [1.82, 2.24) is 0 Å². The van der Waals surface area contributed by atoms with E-state index >= 15 is 0 Å². The molecule has 0 amide bonds. The summed E-state index contributed by atoms with van der Waals surface area (Å²) in [5.74, 6) is 0.0962. The van der Waals surface area contributed by atoms with Crippen LogP contribution in [0.3, 0.4) is 0 Å². The lowest BCUT2D eigenvalue weighted by molar-refractivity contribution is 0.569. The zero-order chi connectivity index (χ0) is 12.9. The molecule has 0 aliphatic heterocycles. The molecule has 0 bridgehead atoms. The number of benzene rings is 2. The van der Waals surface area contributed by atoms with Crippen LogP contribution in [0.25, 0.3) is 11.1 Å². The second-order valence-electron chi connectivity index (χ2n) is 5.18. The summed E-state index contributed by atoms with van der Waals surface area (Å²) in [6.07, 6.45) is 0. The van der Waals surface area contributed by atoms with Crippen molar-refractivity contribution < 1.29 is 8.78 Å². The number of rotatable bonds is 1. The van der Waals surface area contributed by atoms with Crippen LogP contribution in [0, 0.1) is 17.6 Å². The van der Waals surface area contributed by atoms with Gasteiger partial charge in [0.2, 0.25) is 0 Å². The number of fused-ring (bicyclic) bond motifs is 3. The maximum atomic E-state index is 13.4. The summed E-state index contributed by atoms with van der Waals surface area (Å²) in [7, 11) is 0. The van der Waals surface area contributed by atoms with Crippen LogP contribution in [0.5, 0.6) is 0 Å². The molecule has 0 saturated heterocycles. The van der Waals surface area contributed by atoms with Gasteiger partial charge in [-0.15, -0.1) is 0 Å². The molecule has 0 spiro atoms. The average molecular weight is 244 g/mol. The van der Waals surface area contributed by atoms with E-state index in [2.05, 4.69) is 13.8 Å². The molecule has 0 heterocycles. The second-order valence-corrected chi connectivity index (χ2v) is 5.18. The Morgan fingerprint density at radius 2 is 1.28 bits per heavy atom. The van der Waals surface area contributed by atoms with Crippen LogP contribution >= 0.6 is 0 Å². The van der Waals surface area contributed by atoms with E-state index < -0.39 is 0 Å². The fraction of sp³-hybridized carbons (Fsp3) is 0.250. The van der Waals surface area contributed by atoms with Gasteiger partial charge in [-0.3, -0.25) is 0 Å². The van der Waals surface area contributed by atoms with Crippen molar-refractivity contribution >= 4 is 0 Å². The Hall–Kier alpha value is -1.70. The van der Waals surface area contributed by atoms with Crippen LogP contribution in [0.2, 0.25) is 0 Å². The van der Waals surface area contributed by atoms with E-state index in [1.807, 2.05) is 12.1 Å². The molecule has 0 aromatic heterocycles. The maximum absolute atomic E-state index is 13.4. The van der Waals surface area contributed by atoms with Crippen LogP contribution in [-0.4, -0.2) is 0 Å². The molecule has 0 saturated carbocycles. The summed E-state index contributed by atoms with van der Waals surface area (Å²) in [5.41, 5.74) is 3.88. The Kier molecular flexibility index (Phi) is 2.47. The van der Waals surface area contributed by atoms with Crippen molar-refractivity contribution in [3.8, 4) is 11.1 Å². The van der Waals surface area contributed by atoms with E-state index in [1.54, 1.807) is 0 Å². The summed E-state index contributed by atoms with van der Waals surface area (Å²) in [6, 6.07) is 9.64. The predicted octanol–water partition coefficient (Wildman–Crippen LogP) is 4.73. The van der Waals surface area contributed by atoms with Crippen molar-refractivity contribution in [1.29, 1.82) is 0 Å². The number of hydrogen-bond donors (Lipinski definition) is 0. The van der Waals surface area contributed by atoms with E-state index in [0.717, 1.165) is 22.3 Å². The minimum atomic E-state index is -0.270. The summed E-state index contributed by atoms with van der Waals surface area (Å²) >= 11 is 0. The zero-order valence-electron chi connectivity index (χ0n) is 10.4. The molecule has 1 aliphatic rings. The Balaban J connectivity index is 2.31. The fourth-order valence-corrected chi connectivity index (χ4v) is 2.95. The molecule has 0 atom stereocenters. The van der Waals surface area contributed by atoms with E-state index in [0.29, 0.717) is 5.92 Å². The van der Waals surface area contributed by atoms with Gasteiger partial charge in [-0.05, 0) is 52.4 Å². The SMILES string of the molecule is CC(C)C1c2ccc(F)cc2-c2cc(F)ccc21. The highest BCUT2D eigenvalue weighted by Crippen LogP contribution is 2.48. The first-order valence-electron chi connectivity index (χ1n) is 6.17. The summed E-state index contributed by atoms with van der Waals surface area (Å²) in [6.45, 7) is 4.27. The first-order valence-corrected chi connectivity index (χ1v) is 6.17. The molecule has 2 heteroatoms. The van der Waals surface area contributed by atoms with Crippen LogP contribution in [0.1, 0.15) is 30.9 Å². The molecule has 1 aliphatic carbocycles.